The molecule has 1 aromatic rings. The third kappa shape index (κ3) is 1.98. The van der Waals surface area contributed by atoms with Crippen LogP contribution in [-0.4, -0.2) is 24.2 Å². The van der Waals surface area contributed by atoms with Gasteiger partial charge in [-0.1, -0.05) is 6.07 Å². The lowest BCUT2D eigenvalue weighted by atomic mass is 9.95. The zero-order chi connectivity index (χ0) is 11.7. The molecule has 5 heteroatoms. The molecule has 1 fully saturated rings. The molecular weight excluding hydrogens is 216 g/mol. The maximum absolute atomic E-state index is 13.3. The van der Waals surface area contributed by atoms with E-state index in [1.165, 1.54) is 12.1 Å². The summed E-state index contributed by atoms with van der Waals surface area (Å²) >= 11 is 0. The van der Waals surface area contributed by atoms with E-state index in [-0.39, 0.29) is 18.0 Å². The van der Waals surface area contributed by atoms with E-state index in [1.807, 2.05) is 0 Å². The van der Waals surface area contributed by atoms with E-state index >= 15 is 0 Å². The molecular formula is C11H11F2NO2. The summed E-state index contributed by atoms with van der Waals surface area (Å²) in [5.41, 5.74) is 0.210. The molecule has 0 bridgehead atoms. The number of rotatable bonds is 3. The number of carbonyl (C=O) groups is 1. The van der Waals surface area contributed by atoms with Crippen LogP contribution >= 0.6 is 0 Å². The van der Waals surface area contributed by atoms with E-state index in [0.29, 0.717) is 13.1 Å². The van der Waals surface area contributed by atoms with Gasteiger partial charge in [-0.05, 0) is 12.1 Å². The van der Waals surface area contributed by atoms with Gasteiger partial charge in [-0.3, -0.25) is 4.79 Å². The van der Waals surface area contributed by atoms with Crippen molar-refractivity contribution in [2.24, 2.45) is 5.92 Å². The normalized spacial score (nSPS) is 16.0. The highest BCUT2D eigenvalue weighted by Gasteiger charge is 2.30. The lowest BCUT2D eigenvalue weighted by molar-refractivity contribution is -0.138. The van der Waals surface area contributed by atoms with E-state index in [4.69, 9.17) is 5.11 Å². The van der Waals surface area contributed by atoms with Crippen molar-refractivity contribution >= 4 is 11.7 Å². The Balaban J connectivity index is 2.01. The van der Waals surface area contributed by atoms with Crippen LogP contribution in [0.5, 0.6) is 0 Å². The molecule has 1 N–H and O–H groups in total. The van der Waals surface area contributed by atoms with E-state index in [1.54, 1.807) is 4.90 Å². The van der Waals surface area contributed by atoms with Gasteiger partial charge in [-0.25, -0.2) is 8.78 Å². The van der Waals surface area contributed by atoms with Crippen molar-refractivity contribution in [3.63, 3.8) is 0 Å². The SMILES string of the molecule is O=C(O)CC1CN(c2cccc(F)c2F)C1. The predicted molar refractivity (Wildman–Crippen MR) is 54.3 cm³/mol. The lowest BCUT2D eigenvalue weighted by Gasteiger charge is -2.40. The minimum absolute atomic E-state index is 0.0279. The molecule has 0 atom stereocenters. The first kappa shape index (κ1) is 10.9. The fourth-order valence-corrected chi connectivity index (χ4v) is 1.88. The maximum Gasteiger partial charge on any atom is 0.303 e. The summed E-state index contributed by atoms with van der Waals surface area (Å²) in [4.78, 5) is 12.1. The molecule has 0 unspecified atom stereocenters. The number of carboxylic acids is 1. The van der Waals surface area contributed by atoms with Crippen LogP contribution in [0.3, 0.4) is 0 Å². The molecule has 0 spiro atoms. The van der Waals surface area contributed by atoms with Crippen LogP contribution < -0.4 is 4.90 Å². The Bertz CT molecular complexity index is 416. The van der Waals surface area contributed by atoms with Crippen LogP contribution in [0.25, 0.3) is 0 Å². The second-order valence-electron chi connectivity index (χ2n) is 3.94. The van der Waals surface area contributed by atoms with Crippen LogP contribution in [-0.2, 0) is 4.79 Å². The van der Waals surface area contributed by atoms with Gasteiger partial charge in [0.05, 0.1) is 12.1 Å². The first-order chi connectivity index (χ1) is 7.58. The Kier molecular flexibility index (Phi) is 2.77. The number of nitrogens with zero attached hydrogens (tertiary/aromatic N) is 1. The predicted octanol–water partition coefficient (Wildman–Crippen LogP) is 1.88. The van der Waals surface area contributed by atoms with Gasteiger partial charge in [0, 0.05) is 19.0 Å². The van der Waals surface area contributed by atoms with Crippen LogP contribution in [0.1, 0.15) is 6.42 Å². The molecule has 86 valence electrons. The molecule has 1 heterocycles. The minimum Gasteiger partial charge on any atom is -0.481 e. The highest BCUT2D eigenvalue weighted by molar-refractivity contribution is 5.68. The van der Waals surface area contributed by atoms with Gasteiger partial charge >= 0.3 is 5.97 Å². The second kappa shape index (κ2) is 4.08. The molecule has 2 rings (SSSR count). The van der Waals surface area contributed by atoms with Crippen molar-refractivity contribution in [1.82, 2.24) is 0 Å². The summed E-state index contributed by atoms with van der Waals surface area (Å²) in [7, 11) is 0. The smallest absolute Gasteiger partial charge is 0.303 e. The highest BCUT2D eigenvalue weighted by atomic mass is 19.2. The Morgan fingerprint density at radius 3 is 2.75 bits per heavy atom. The van der Waals surface area contributed by atoms with Crippen molar-refractivity contribution in [1.29, 1.82) is 0 Å². The van der Waals surface area contributed by atoms with Gasteiger partial charge in [0.1, 0.15) is 0 Å². The lowest BCUT2D eigenvalue weighted by Crippen LogP contribution is -2.48. The summed E-state index contributed by atoms with van der Waals surface area (Å²) in [6.07, 6.45) is 0.0768. The van der Waals surface area contributed by atoms with Gasteiger partial charge in [-0.15, -0.1) is 0 Å². The Labute approximate surface area is 91.3 Å². The molecule has 0 amide bonds. The monoisotopic (exact) mass is 227 g/mol. The fraction of sp³-hybridized carbons (Fsp3) is 0.364. The van der Waals surface area contributed by atoms with Crippen molar-refractivity contribution in [3.05, 3.63) is 29.8 Å². The maximum atomic E-state index is 13.3. The molecule has 16 heavy (non-hydrogen) atoms. The van der Waals surface area contributed by atoms with Gasteiger partial charge in [-0.2, -0.15) is 0 Å². The standard InChI is InChI=1S/C11H11F2NO2/c12-8-2-1-3-9(11(8)13)14-5-7(6-14)4-10(15)16/h1-3,7H,4-6H2,(H,15,16). The molecule has 0 aliphatic carbocycles. The van der Waals surface area contributed by atoms with Crippen LogP contribution in [0.2, 0.25) is 0 Å². The quantitative estimate of drug-likeness (QED) is 0.857. The van der Waals surface area contributed by atoms with Crippen LogP contribution in [0.4, 0.5) is 14.5 Å². The topological polar surface area (TPSA) is 40.5 Å². The molecule has 0 aromatic heterocycles. The Morgan fingerprint density at radius 2 is 2.12 bits per heavy atom. The van der Waals surface area contributed by atoms with Crippen molar-refractivity contribution in [2.45, 2.75) is 6.42 Å². The Hall–Kier alpha value is -1.65. The average Bonchev–Trinajstić information content (AvgIpc) is 2.16. The molecule has 1 saturated heterocycles. The number of benzene rings is 1. The molecule has 1 aromatic carbocycles. The first-order valence-corrected chi connectivity index (χ1v) is 4.98. The Morgan fingerprint density at radius 1 is 1.44 bits per heavy atom. The molecule has 1 aliphatic heterocycles. The molecule has 3 nitrogen and oxygen atoms in total. The molecule has 1 aliphatic rings. The molecule has 0 radical (unpaired) electrons. The fourth-order valence-electron chi connectivity index (χ4n) is 1.88. The third-order valence-electron chi connectivity index (χ3n) is 2.69. The average molecular weight is 227 g/mol. The van der Waals surface area contributed by atoms with Crippen LogP contribution in [0, 0.1) is 17.6 Å². The summed E-state index contributed by atoms with van der Waals surface area (Å²) in [6.45, 7) is 0.930. The largest absolute Gasteiger partial charge is 0.481 e. The van der Waals surface area contributed by atoms with Crippen LogP contribution in [0.15, 0.2) is 18.2 Å². The third-order valence-corrected chi connectivity index (χ3v) is 2.69. The van der Waals surface area contributed by atoms with E-state index in [0.717, 1.165) is 6.07 Å². The number of hydrogen-bond acceptors (Lipinski definition) is 2. The second-order valence-corrected chi connectivity index (χ2v) is 3.94. The number of hydrogen-bond donors (Lipinski definition) is 1. The zero-order valence-corrected chi connectivity index (χ0v) is 8.49. The van der Waals surface area contributed by atoms with Crippen molar-refractivity contribution < 1.29 is 18.7 Å². The van der Waals surface area contributed by atoms with Gasteiger partial charge in [0.15, 0.2) is 11.6 Å². The van der Waals surface area contributed by atoms with E-state index in [9.17, 15) is 13.6 Å². The van der Waals surface area contributed by atoms with Gasteiger partial charge < -0.3 is 10.0 Å². The summed E-state index contributed by atoms with van der Waals surface area (Å²) < 4.78 is 26.2. The number of anilines is 1. The zero-order valence-electron chi connectivity index (χ0n) is 8.49. The van der Waals surface area contributed by atoms with E-state index < -0.39 is 17.6 Å². The van der Waals surface area contributed by atoms with Crippen molar-refractivity contribution in [2.75, 3.05) is 18.0 Å². The van der Waals surface area contributed by atoms with Gasteiger partial charge in [0.25, 0.3) is 0 Å². The first-order valence-electron chi connectivity index (χ1n) is 4.98. The number of halogens is 2. The number of carboxylic acid groups (broad SMARTS) is 1. The van der Waals surface area contributed by atoms with Gasteiger partial charge in [0.2, 0.25) is 0 Å². The van der Waals surface area contributed by atoms with E-state index in [2.05, 4.69) is 0 Å². The van der Waals surface area contributed by atoms with Crippen molar-refractivity contribution in [3.8, 4) is 0 Å². The molecule has 0 saturated carbocycles. The highest BCUT2D eigenvalue weighted by Crippen LogP contribution is 2.29. The minimum atomic E-state index is -0.876. The summed E-state index contributed by atoms with van der Waals surface area (Å²) in [5.74, 6) is -2.57. The summed E-state index contributed by atoms with van der Waals surface area (Å²) in [6, 6.07) is 4.00. The number of aliphatic carboxylic acids is 1. The summed E-state index contributed by atoms with van der Waals surface area (Å²) in [5, 5.41) is 8.55.